The highest BCUT2D eigenvalue weighted by atomic mass is 35.5. The van der Waals surface area contributed by atoms with Gasteiger partial charge >= 0.3 is 0 Å². The number of thiophene rings is 1. The minimum Gasteiger partial charge on any atom is -0.312 e. The molecule has 1 amide bonds. The van der Waals surface area contributed by atoms with Gasteiger partial charge < -0.3 is 4.90 Å². The van der Waals surface area contributed by atoms with Crippen molar-refractivity contribution in [3.8, 4) is 0 Å². The lowest BCUT2D eigenvalue weighted by Crippen LogP contribution is -2.34. The highest BCUT2D eigenvalue weighted by Crippen LogP contribution is 2.32. The van der Waals surface area contributed by atoms with Gasteiger partial charge in [-0.15, -0.1) is 11.3 Å². The van der Waals surface area contributed by atoms with E-state index in [0.717, 1.165) is 35.4 Å². The normalized spacial score (nSPS) is 14.3. The third kappa shape index (κ3) is 3.43. The van der Waals surface area contributed by atoms with Crippen LogP contribution in [0.2, 0.25) is 4.34 Å². The maximum absolute atomic E-state index is 12.4. The minimum absolute atomic E-state index is 0.0810. The maximum Gasteiger partial charge on any atom is 0.271 e. The van der Waals surface area contributed by atoms with Crippen LogP contribution < -0.4 is 9.62 Å². The Hall–Kier alpha value is -1.57. The zero-order valence-corrected chi connectivity index (χ0v) is 15.5. The summed E-state index contributed by atoms with van der Waals surface area (Å²) in [5, 5.41) is 0. The summed E-state index contributed by atoms with van der Waals surface area (Å²) in [6.07, 6.45) is 2.14. The van der Waals surface area contributed by atoms with Gasteiger partial charge in [0.25, 0.3) is 10.0 Å². The summed E-state index contributed by atoms with van der Waals surface area (Å²) in [7, 11) is -3.65. The highest BCUT2D eigenvalue weighted by molar-refractivity contribution is 7.94. The number of sulfonamides is 1. The number of carbonyl (C=O) groups excluding carboxylic acids is 1. The first-order chi connectivity index (χ1) is 11.4. The molecule has 0 radical (unpaired) electrons. The molecule has 128 valence electrons. The van der Waals surface area contributed by atoms with E-state index in [1.165, 1.54) is 6.07 Å². The predicted molar refractivity (Wildman–Crippen MR) is 97.5 cm³/mol. The largest absolute Gasteiger partial charge is 0.312 e. The molecular weight excluding hydrogens is 368 g/mol. The highest BCUT2D eigenvalue weighted by Gasteiger charge is 2.23. The molecule has 3 rings (SSSR count). The van der Waals surface area contributed by atoms with Crippen molar-refractivity contribution in [3.63, 3.8) is 0 Å². The number of benzene rings is 1. The number of anilines is 2. The molecular formula is C16H17ClN2O3S2. The van der Waals surface area contributed by atoms with Crippen LogP contribution >= 0.6 is 22.9 Å². The van der Waals surface area contributed by atoms with Crippen LogP contribution in [-0.2, 0) is 21.2 Å². The van der Waals surface area contributed by atoms with Gasteiger partial charge in [-0.2, -0.15) is 0 Å². The first kappa shape index (κ1) is 17.3. The van der Waals surface area contributed by atoms with Crippen molar-refractivity contribution in [1.29, 1.82) is 0 Å². The molecule has 0 aliphatic carbocycles. The molecule has 0 atom stereocenters. The molecule has 2 heterocycles. The van der Waals surface area contributed by atoms with E-state index in [4.69, 9.17) is 11.6 Å². The summed E-state index contributed by atoms with van der Waals surface area (Å²) < 4.78 is 27.9. The lowest BCUT2D eigenvalue weighted by Gasteiger charge is -2.29. The van der Waals surface area contributed by atoms with E-state index in [1.807, 2.05) is 6.92 Å². The summed E-state index contributed by atoms with van der Waals surface area (Å²) in [6, 6.07) is 8.34. The molecule has 0 saturated heterocycles. The standard InChI is InChI=1S/C16H17ClN2O3S2/c1-2-15(20)19-9-3-4-11-10-12(5-6-13(11)19)18-24(21,22)16-8-7-14(17)23-16/h5-8,10,18H,2-4,9H2,1H3. The van der Waals surface area contributed by atoms with Gasteiger partial charge in [0.1, 0.15) is 4.21 Å². The van der Waals surface area contributed by atoms with Crippen molar-refractivity contribution in [3.05, 3.63) is 40.2 Å². The summed E-state index contributed by atoms with van der Waals surface area (Å²) >= 11 is 6.82. The molecule has 0 saturated carbocycles. The van der Waals surface area contributed by atoms with Crippen LogP contribution in [0.3, 0.4) is 0 Å². The van der Waals surface area contributed by atoms with E-state index in [9.17, 15) is 13.2 Å². The second kappa shape index (κ2) is 6.74. The molecule has 1 aromatic heterocycles. The van der Waals surface area contributed by atoms with Gasteiger partial charge in [-0.1, -0.05) is 18.5 Å². The van der Waals surface area contributed by atoms with Crippen LogP contribution in [-0.4, -0.2) is 20.9 Å². The van der Waals surface area contributed by atoms with E-state index in [0.29, 0.717) is 23.0 Å². The summed E-state index contributed by atoms with van der Waals surface area (Å²) in [5.41, 5.74) is 2.34. The molecule has 24 heavy (non-hydrogen) atoms. The molecule has 2 aromatic rings. The van der Waals surface area contributed by atoms with Crippen molar-refractivity contribution in [2.24, 2.45) is 0 Å². The zero-order chi connectivity index (χ0) is 17.3. The third-order valence-electron chi connectivity index (χ3n) is 3.87. The quantitative estimate of drug-likeness (QED) is 0.869. The van der Waals surface area contributed by atoms with E-state index in [2.05, 4.69) is 4.72 Å². The Kier molecular flexibility index (Phi) is 4.85. The van der Waals surface area contributed by atoms with Crippen molar-refractivity contribution >= 4 is 50.2 Å². The van der Waals surface area contributed by atoms with Crippen molar-refractivity contribution in [2.45, 2.75) is 30.4 Å². The van der Waals surface area contributed by atoms with Crippen molar-refractivity contribution in [1.82, 2.24) is 0 Å². The number of halogens is 1. The van der Waals surface area contributed by atoms with Crippen LogP contribution in [0, 0.1) is 0 Å². The van der Waals surface area contributed by atoms with Crippen LogP contribution in [0.5, 0.6) is 0 Å². The fourth-order valence-electron chi connectivity index (χ4n) is 2.76. The van der Waals surface area contributed by atoms with Crippen LogP contribution in [0.15, 0.2) is 34.5 Å². The first-order valence-corrected chi connectivity index (χ1v) is 10.3. The van der Waals surface area contributed by atoms with E-state index in [1.54, 1.807) is 29.2 Å². The zero-order valence-electron chi connectivity index (χ0n) is 13.1. The molecule has 0 spiro atoms. The fourth-order valence-corrected chi connectivity index (χ4v) is 5.29. The van der Waals surface area contributed by atoms with Gasteiger partial charge in [0.05, 0.1) is 4.34 Å². The third-order valence-corrected chi connectivity index (χ3v) is 6.97. The van der Waals surface area contributed by atoms with Gasteiger partial charge in [0.15, 0.2) is 0 Å². The number of amides is 1. The molecule has 8 heteroatoms. The summed E-state index contributed by atoms with van der Waals surface area (Å²) in [6.45, 7) is 2.55. The number of rotatable bonds is 4. The maximum atomic E-state index is 12.4. The summed E-state index contributed by atoms with van der Waals surface area (Å²) in [4.78, 5) is 13.8. The average molecular weight is 385 g/mol. The topological polar surface area (TPSA) is 66.5 Å². The Morgan fingerprint density at radius 2 is 2.12 bits per heavy atom. The van der Waals surface area contributed by atoms with Gasteiger partial charge in [-0.3, -0.25) is 9.52 Å². The molecule has 0 bridgehead atoms. The van der Waals surface area contributed by atoms with E-state index < -0.39 is 10.0 Å². The fraction of sp³-hybridized carbons (Fsp3) is 0.312. The summed E-state index contributed by atoms with van der Waals surface area (Å²) in [5.74, 6) is 0.0810. The van der Waals surface area contributed by atoms with E-state index >= 15 is 0 Å². The second-order valence-corrected chi connectivity index (χ2v) is 9.13. The number of hydrogen-bond acceptors (Lipinski definition) is 4. The minimum atomic E-state index is -3.65. The molecule has 0 unspecified atom stereocenters. The number of fused-ring (bicyclic) bond motifs is 1. The van der Waals surface area contributed by atoms with Crippen LogP contribution in [0.25, 0.3) is 0 Å². The number of nitrogens with zero attached hydrogens (tertiary/aromatic N) is 1. The monoisotopic (exact) mass is 384 g/mol. The van der Waals surface area contributed by atoms with Crippen molar-refractivity contribution in [2.75, 3.05) is 16.2 Å². The first-order valence-electron chi connectivity index (χ1n) is 7.62. The lowest BCUT2D eigenvalue weighted by molar-refractivity contribution is -0.118. The second-order valence-electron chi connectivity index (χ2n) is 5.51. The molecule has 1 aliphatic heterocycles. The average Bonchev–Trinajstić information content (AvgIpc) is 3.00. The SMILES string of the molecule is CCC(=O)N1CCCc2cc(NS(=O)(=O)c3ccc(Cl)s3)ccc21. The molecule has 1 aromatic carbocycles. The number of carbonyl (C=O) groups is 1. The number of hydrogen-bond donors (Lipinski definition) is 1. The Morgan fingerprint density at radius 3 is 2.79 bits per heavy atom. The Bertz CT molecular complexity index is 877. The van der Waals surface area contributed by atoms with Crippen LogP contribution in [0.4, 0.5) is 11.4 Å². The molecule has 5 nitrogen and oxygen atoms in total. The lowest BCUT2D eigenvalue weighted by atomic mass is 10.0. The number of aryl methyl sites for hydroxylation is 1. The van der Waals surface area contributed by atoms with Gasteiger partial charge in [-0.05, 0) is 48.7 Å². The Balaban J connectivity index is 1.88. The van der Waals surface area contributed by atoms with E-state index in [-0.39, 0.29) is 10.1 Å². The number of nitrogens with one attached hydrogen (secondary N) is 1. The Labute approximate surface area is 150 Å². The molecule has 1 aliphatic rings. The van der Waals surface area contributed by atoms with Gasteiger partial charge in [0, 0.05) is 24.3 Å². The smallest absolute Gasteiger partial charge is 0.271 e. The Morgan fingerprint density at radius 1 is 1.33 bits per heavy atom. The molecule has 1 N–H and O–H groups in total. The van der Waals surface area contributed by atoms with Gasteiger partial charge in [-0.25, -0.2) is 8.42 Å². The van der Waals surface area contributed by atoms with Gasteiger partial charge in [0.2, 0.25) is 5.91 Å². The predicted octanol–water partition coefficient (Wildman–Crippen LogP) is 3.89. The van der Waals surface area contributed by atoms with Crippen LogP contribution in [0.1, 0.15) is 25.3 Å². The van der Waals surface area contributed by atoms with Crippen molar-refractivity contribution < 1.29 is 13.2 Å². The molecule has 0 fully saturated rings.